The fourth-order valence-electron chi connectivity index (χ4n) is 1.46. The van der Waals surface area contributed by atoms with Gasteiger partial charge in [-0.3, -0.25) is 4.79 Å². The number of para-hydroxylation sites is 1. The maximum Gasteiger partial charge on any atom is 0.281 e. The van der Waals surface area contributed by atoms with E-state index in [9.17, 15) is 14.3 Å². The number of aromatic hydroxyl groups is 1. The molecule has 0 saturated carbocycles. The van der Waals surface area contributed by atoms with E-state index >= 15 is 0 Å². The smallest absolute Gasteiger partial charge is 0.281 e. The molecule has 2 aromatic rings. The Kier molecular flexibility index (Phi) is 4.31. The third-order valence-electron chi connectivity index (χ3n) is 2.42. The van der Waals surface area contributed by atoms with E-state index in [1.165, 1.54) is 25.5 Å². The van der Waals surface area contributed by atoms with Crippen LogP contribution in [-0.2, 0) is 0 Å². The quantitative estimate of drug-likeness (QED) is 0.671. The molecule has 0 fully saturated rings. The Balaban J connectivity index is 2.05. The van der Waals surface area contributed by atoms with Crippen LogP contribution >= 0.6 is 11.3 Å². The zero-order chi connectivity index (χ0) is 14.5. The fourth-order valence-corrected chi connectivity index (χ4v) is 2.08. The van der Waals surface area contributed by atoms with Gasteiger partial charge in [0.2, 0.25) is 0 Å². The Morgan fingerprint density at radius 2 is 2.25 bits per heavy atom. The monoisotopic (exact) mass is 294 g/mol. The number of phenols is 1. The van der Waals surface area contributed by atoms with E-state index in [2.05, 4.69) is 10.5 Å². The number of hydrogen-bond acceptors (Lipinski definition) is 5. The second kappa shape index (κ2) is 6.16. The van der Waals surface area contributed by atoms with Crippen molar-refractivity contribution in [1.29, 1.82) is 0 Å². The number of methoxy groups -OCH3 is 1. The van der Waals surface area contributed by atoms with Gasteiger partial charge in [0.15, 0.2) is 16.6 Å². The molecule has 0 bridgehead atoms. The Hall–Kier alpha value is -2.41. The number of ether oxygens (including phenoxy) is 1. The molecular weight excluding hydrogens is 283 g/mol. The van der Waals surface area contributed by atoms with Crippen molar-refractivity contribution in [2.75, 3.05) is 7.11 Å². The van der Waals surface area contributed by atoms with Crippen LogP contribution in [0, 0.1) is 5.13 Å². The van der Waals surface area contributed by atoms with Crippen molar-refractivity contribution < 1.29 is 19.0 Å². The third-order valence-corrected chi connectivity index (χ3v) is 3.29. The Labute approximate surface area is 118 Å². The molecule has 0 aliphatic rings. The van der Waals surface area contributed by atoms with Crippen molar-refractivity contribution >= 4 is 23.5 Å². The summed E-state index contributed by atoms with van der Waals surface area (Å²) in [6, 6.07) is 7.46. The molecule has 7 heteroatoms. The first-order chi connectivity index (χ1) is 9.61. The summed E-state index contributed by atoms with van der Waals surface area (Å²) >= 11 is 0.729. The first kappa shape index (κ1) is 14.0. The number of nitrogens with zero attached hydrogens (tertiary/aromatic N) is 1. The zero-order valence-corrected chi connectivity index (χ0v) is 11.3. The molecule has 0 atom stereocenters. The van der Waals surface area contributed by atoms with Crippen LogP contribution in [0.3, 0.4) is 0 Å². The minimum absolute atomic E-state index is 0.0739. The van der Waals surface area contributed by atoms with Crippen LogP contribution < -0.4 is 10.2 Å². The summed E-state index contributed by atoms with van der Waals surface area (Å²) in [5.74, 6) is -0.284. The van der Waals surface area contributed by atoms with Crippen molar-refractivity contribution in [3.05, 3.63) is 45.9 Å². The van der Waals surface area contributed by atoms with Gasteiger partial charge in [-0.1, -0.05) is 6.07 Å². The molecule has 2 N–H and O–H groups in total. The number of thiophene rings is 1. The van der Waals surface area contributed by atoms with Crippen LogP contribution in [0.5, 0.6) is 11.5 Å². The normalized spacial score (nSPS) is 10.7. The van der Waals surface area contributed by atoms with E-state index in [4.69, 9.17) is 4.74 Å². The highest BCUT2D eigenvalue weighted by atomic mass is 32.1. The topological polar surface area (TPSA) is 70.9 Å². The minimum Gasteiger partial charge on any atom is -0.504 e. The van der Waals surface area contributed by atoms with E-state index in [1.54, 1.807) is 18.2 Å². The molecular formula is C13H11FN2O3S. The number of hydrazone groups is 1. The average molecular weight is 294 g/mol. The molecule has 2 rings (SSSR count). The van der Waals surface area contributed by atoms with E-state index in [0.717, 1.165) is 11.3 Å². The van der Waals surface area contributed by atoms with Crippen LogP contribution in [0.1, 0.15) is 15.2 Å². The molecule has 0 unspecified atom stereocenters. The number of halogens is 1. The van der Waals surface area contributed by atoms with Gasteiger partial charge in [0.1, 0.15) is 0 Å². The Morgan fingerprint density at radius 1 is 1.45 bits per heavy atom. The molecule has 1 aromatic carbocycles. The Bertz CT molecular complexity index is 655. The number of benzene rings is 1. The molecule has 1 aromatic heterocycles. The van der Waals surface area contributed by atoms with Gasteiger partial charge in [-0.15, -0.1) is 11.3 Å². The minimum atomic E-state index is -0.516. The van der Waals surface area contributed by atoms with E-state index in [-0.39, 0.29) is 10.6 Å². The van der Waals surface area contributed by atoms with Crippen LogP contribution in [0.2, 0.25) is 0 Å². The number of rotatable bonds is 4. The summed E-state index contributed by atoms with van der Waals surface area (Å²) in [4.78, 5) is 11.8. The lowest BCUT2D eigenvalue weighted by molar-refractivity contribution is 0.0959. The Morgan fingerprint density at radius 3 is 2.90 bits per heavy atom. The van der Waals surface area contributed by atoms with E-state index in [0.29, 0.717) is 11.3 Å². The summed E-state index contributed by atoms with van der Waals surface area (Å²) in [5, 5.41) is 13.1. The highest BCUT2D eigenvalue weighted by Crippen LogP contribution is 2.27. The van der Waals surface area contributed by atoms with Gasteiger partial charge >= 0.3 is 0 Å². The predicted octanol–water partition coefficient (Wildman–Crippen LogP) is 2.37. The second-order valence-electron chi connectivity index (χ2n) is 3.70. The van der Waals surface area contributed by atoms with E-state index < -0.39 is 11.0 Å². The standard InChI is InChI=1S/C13H11FN2O3S/c1-19-9-4-2-3-8(12(9)17)7-15-16-13(18)10-5-6-11(14)20-10/h2-7,17H,1H3,(H,16,18)/b15-7+. The molecule has 1 amide bonds. The van der Waals surface area contributed by atoms with Crippen LogP contribution in [-0.4, -0.2) is 24.3 Å². The number of nitrogens with one attached hydrogen (secondary N) is 1. The molecule has 1 heterocycles. The first-order valence-electron chi connectivity index (χ1n) is 5.56. The van der Waals surface area contributed by atoms with Crippen molar-refractivity contribution in [1.82, 2.24) is 5.43 Å². The molecule has 0 saturated heterocycles. The van der Waals surface area contributed by atoms with Crippen molar-refractivity contribution in [3.63, 3.8) is 0 Å². The van der Waals surface area contributed by atoms with Gasteiger partial charge in [-0.25, -0.2) is 5.43 Å². The molecule has 104 valence electrons. The van der Waals surface area contributed by atoms with Crippen molar-refractivity contribution in [2.24, 2.45) is 5.10 Å². The number of amides is 1. The molecule has 0 aliphatic heterocycles. The lowest BCUT2D eigenvalue weighted by Gasteiger charge is -2.04. The SMILES string of the molecule is COc1cccc(/C=N/NC(=O)c2ccc(F)s2)c1O. The highest BCUT2D eigenvalue weighted by Gasteiger charge is 2.08. The molecule has 0 aliphatic carbocycles. The summed E-state index contributed by atoms with van der Waals surface area (Å²) in [6.45, 7) is 0. The summed E-state index contributed by atoms with van der Waals surface area (Å²) in [5.41, 5.74) is 2.64. The van der Waals surface area contributed by atoms with Gasteiger partial charge in [0.05, 0.1) is 18.2 Å². The van der Waals surface area contributed by atoms with E-state index in [1.807, 2.05) is 0 Å². The number of phenolic OH excluding ortho intramolecular Hbond substituents is 1. The number of carbonyl (C=O) groups is 1. The molecule has 0 spiro atoms. The van der Waals surface area contributed by atoms with Crippen LogP contribution in [0.25, 0.3) is 0 Å². The third kappa shape index (κ3) is 3.12. The highest BCUT2D eigenvalue weighted by molar-refractivity contribution is 7.12. The van der Waals surface area contributed by atoms with Crippen molar-refractivity contribution in [2.45, 2.75) is 0 Å². The number of carbonyl (C=O) groups excluding carboxylic acids is 1. The average Bonchev–Trinajstić information content (AvgIpc) is 2.87. The number of hydrogen-bond donors (Lipinski definition) is 2. The maximum absolute atomic E-state index is 12.8. The molecule has 0 radical (unpaired) electrons. The summed E-state index contributed by atoms with van der Waals surface area (Å²) < 4.78 is 17.7. The molecule has 20 heavy (non-hydrogen) atoms. The molecule has 5 nitrogen and oxygen atoms in total. The maximum atomic E-state index is 12.8. The van der Waals surface area contributed by atoms with Crippen LogP contribution in [0.15, 0.2) is 35.4 Å². The van der Waals surface area contributed by atoms with Gasteiger partial charge in [0, 0.05) is 5.56 Å². The summed E-state index contributed by atoms with van der Waals surface area (Å²) in [7, 11) is 1.43. The first-order valence-corrected chi connectivity index (χ1v) is 6.38. The zero-order valence-electron chi connectivity index (χ0n) is 10.5. The van der Waals surface area contributed by atoms with Gasteiger partial charge in [0.25, 0.3) is 5.91 Å². The van der Waals surface area contributed by atoms with Gasteiger partial charge in [-0.2, -0.15) is 9.49 Å². The fraction of sp³-hybridized carbons (Fsp3) is 0.0769. The second-order valence-corrected chi connectivity index (χ2v) is 4.73. The van der Waals surface area contributed by atoms with Crippen LogP contribution in [0.4, 0.5) is 4.39 Å². The van der Waals surface area contributed by atoms with Crippen molar-refractivity contribution in [3.8, 4) is 11.5 Å². The predicted molar refractivity (Wildman–Crippen MR) is 74.0 cm³/mol. The summed E-state index contributed by atoms with van der Waals surface area (Å²) in [6.07, 6.45) is 1.28. The lowest BCUT2D eigenvalue weighted by Crippen LogP contribution is -2.16. The lowest BCUT2D eigenvalue weighted by atomic mass is 10.2. The van der Waals surface area contributed by atoms with Gasteiger partial charge < -0.3 is 9.84 Å². The van der Waals surface area contributed by atoms with Gasteiger partial charge in [-0.05, 0) is 24.3 Å². The largest absolute Gasteiger partial charge is 0.504 e.